The second-order valence-electron chi connectivity index (χ2n) is 7.08. The highest BCUT2D eigenvalue weighted by molar-refractivity contribution is 9.10. The van der Waals surface area contributed by atoms with Crippen LogP contribution in [-0.4, -0.2) is 42.5 Å². The van der Waals surface area contributed by atoms with Crippen LogP contribution < -0.4 is 14.8 Å². The number of halogens is 1. The molecule has 0 spiro atoms. The van der Waals surface area contributed by atoms with Gasteiger partial charge in [-0.1, -0.05) is 47.1 Å². The Kier molecular flexibility index (Phi) is 9.17. The smallest absolute Gasteiger partial charge is 0.261 e. The van der Waals surface area contributed by atoms with Gasteiger partial charge in [0.25, 0.3) is 5.91 Å². The summed E-state index contributed by atoms with van der Waals surface area (Å²) in [5.41, 5.74) is 0.923. The van der Waals surface area contributed by atoms with Crippen LogP contribution in [0.1, 0.15) is 32.8 Å². The number of para-hydroxylation sites is 2. The predicted molar refractivity (Wildman–Crippen MR) is 121 cm³/mol. The molecule has 162 valence electrons. The first-order valence-electron chi connectivity index (χ1n) is 9.95. The van der Waals surface area contributed by atoms with Gasteiger partial charge in [-0.25, -0.2) is 0 Å². The summed E-state index contributed by atoms with van der Waals surface area (Å²) >= 11 is 3.42. The van der Waals surface area contributed by atoms with E-state index in [2.05, 4.69) is 21.2 Å². The lowest BCUT2D eigenvalue weighted by Crippen LogP contribution is -2.50. The van der Waals surface area contributed by atoms with Crippen LogP contribution in [0.4, 0.5) is 0 Å². The summed E-state index contributed by atoms with van der Waals surface area (Å²) in [4.78, 5) is 27.3. The molecule has 1 N–H and O–H groups in total. The quantitative estimate of drug-likeness (QED) is 0.558. The zero-order valence-electron chi connectivity index (χ0n) is 17.9. The standard InChI is InChI=1S/C23H29BrN2O4/c1-5-16(2)25-23(28)17(3)26(14-18-10-12-19(24)13-11-18)22(27)15-30-21-9-7-6-8-20(21)29-4/h6-13,16-17H,5,14-15H2,1-4H3,(H,25,28)/t16-,17+/m1/s1. The molecule has 2 atom stereocenters. The van der Waals surface area contributed by atoms with Crippen LogP contribution in [0.3, 0.4) is 0 Å². The van der Waals surface area contributed by atoms with Crippen LogP contribution in [0.5, 0.6) is 11.5 Å². The van der Waals surface area contributed by atoms with Crippen LogP contribution >= 0.6 is 15.9 Å². The number of carbonyl (C=O) groups is 2. The largest absolute Gasteiger partial charge is 0.493 e. The summed E-state index contributed by atoms with van der Waals surface area (Å²) in [6.07, 6.45) is 0.816. The minimum atomic E-state index is -0.642. The molecule has 0 radical (unpaired) electrons. The fourth-order valence-corrected chi connectivity index (χ4v) is 3.06. The van der Waals surface area contributed by atoms with Crippen LogP contribution in [0, 0.1) is 0 Å². The third-order valence-electron chi connectivity index (χ3n) is 4.85. The second-order valence-corrected chi connectivity index (χ2v) is 8.00. The number of hydrogen-bond donors (Lipinski definition) is 1. The number of ether oxygens (including phenoxy) is 2. The molecule has 0 heterocycles. The number of nitrogens with one attached hydrogen (secondary N) is 1. The monoisotopic (exact) mass is 476 g/mol. The molecule has 0 aliphatic rings. The Morgan fingerprint density at radius 3 is 2.30 bits per heavy atom. The minimum Gasteiger partial charge on any atom is -0.493 e. The zero-order valence-corrected chi connectivity index (χ0v) is 19.4. The van der Waals surface area contributed by atoms with E-state index in [1.54, 1.807) is 26.2 Å². The Morgan fingerprint density at radius 1 is 1.07 bits per heavy atom. The van der Waals surface area contributed by atoms with Crippen molar-refractivity contribution < 1.29 is 19.1 Å². The van der Waals surface area contributed by atoms with Gasteiger partial charge in [0.05, 0.1) is 7.11 Å². The van der Waals surface area contributed by atoms with E-state index in [0.29, 0.717) is 18.0 Å². The van der Waals surface area contributed by atoms with Crippen molar-refractivity contribution in [3.63, 3.8) is 0 Å². The number of methoxy groups -OCH3 is 1. The Bertz CT molecular complexity index is 841. The average Bonchev–Trinajstić information content (AvgIpc) is 2.76. The van der Waals surface area contributed by atoms with Gasteiger partial charge in [0.2, 0.25) is 5.91 Å². The molecule has 0 unspecified atom stereocenters. The normalized spacial score (nSPS) is 12.6. The van der Waals surface area contributed by atoms with Crippen molar-refractivity contribution >= 4 is 27.7 Å². The highest BCUT2D eigenvalue weighted by Crippen LogP contribution is 2.26. The van der Waals surface area contributed by atoms with Gasteiger partial charge in [0, 0.05) is 17.1 Å². The van der Waals surface area contributed by atoms with Gasteiger partial charge in [-0.05, 0) is 50.1 Å². The van der Waals surface area contributed by atoms with Crippen molar-refractivity contribution in [1.82, 2.24) is 10.2 Å². The van der Waals surface area contributed by atoms with Gasteiger partial charge in [0.15, 0.2) is 18.1 Å². The van der Waals surface area contributed by atoms with E-state index in [4.69, 9.17) is 9.47 Å². The number of benzene rings is 2. The fourth-order valence-electron chi connectivity index (χ4n) is 2.80. The molecule has 6 nitrogen and oxygen atoms in total. The van der Waals surface area contributed by atoms with Crippen LogP contribution in [0.2, 0.25) is 0 Å². The lowest BCUT2D eigenvalue weighted by molar-refractivity contribution is -0.142. The fraction of sp³-hybridized carbons (Fsp3) is 0.391. The molecule has 2 aromatic rings. The maximum atomic E-state index is 13.1. The van der Waals surface area contributed by atoms with Gasteiger partial charge in [-0.3, -0.25) is 9.59 Å². The first kappa shape index (κ1) is 23.7. The summed E-state index contributed by atoms with van der Waals surface area (Å²) in [6, 6.07) is 14.2. The lowest BCUT2D eigenvalue weighted by atomic mass is 10.1. The molecule has 30 heavy (non-hydrogen) atoms. The van der Waals surface area contributed by atoms with E-state index in [-0.39, 0.29) is 24.5 Å². The van der Waals surface area contributed by atoms with E-state index in [0.717, 1.165) is 16.5 Å². The highest BCUT2D eigenvalue weighted by atomic mass is 79.9. The Morgan fingerprint density at radius 2 is 1.70 bits per heavy atom. The number of amides is 2. The first-order valence-corrected chi connectivity index (χ1v) is 10.7. The minimum absolute atomic E-state index is 0.0365. The summed E-state index contributed by atoms with van der Waals surface area (Å²) in [5.74, 6) is 0.559. The average molecular weight is 477 g/mol. The van der Waals surface area contributed by atoms with Crippen LogP contribution in [-0.2, 0) is 16.1 Å². The summed E-state index contributed by atoms with van der Waals surface area (Å²) < 4.78 is 11.9. The number of rotatable bonds is 10. The molecule has 2 amide bonds. The van der Waals surface area contributed by atoms with Crippen molar-refractivity contribution in [2.75, 3.05) is 13.7 Å². The van der Waals surface area contributed by atoms with Gasteiger partial charge >= 0.3 is 0 Å². The van der Waals surface area contributed by atoms with E-state index in [9.17, 15) is 9.59 Å². The van der Waals surface area contributed by atoms with E-state index in [1.165, 1.54) is 4.90 Å². The molecule has 2 aromatic carbocycles. The van der Waals surface area contributed by atoms with Crippen molar-refractivity contribution in [3.8, 4) is 11.5 Å². The second kappa shape index (κ2) is 11.6. The van der Waals surface area contributed by atoms with Gasteiger partial charge in [-0.2, -0.15) is 0 Å². The lowest BCUT2D eigenvalue weighted by Gasteiger charge is -2.29. The van der Waals surface area contributed by atoms with Crippen molar-refractivity contribution in [1.29, 1.82) is 0 Å². The Labute approximate surface area is 186 Å². The van der Waals surface area contributed by atoms with E-state index >= 15 is 0 Å². The summed E-state index contributed by atoms with van der Waals surface area (Å²) in [5, 5.41) is 2.95. The van der Waals surface area contributed by atoms with Gasteiger partial charge in [0.1, 0.15) is 6.04 Å². The molecular formula is C23H29BrN2O4. The summed E-state index contributed by atoms with van der Waals surface area (Å²) in [7, 11) is 1.55. The maximum absolute atomic E-state index is 13.1. The van der Waals surface area contributed by atoms with Crippen molar-refractivity contribution in [2.24, 2.45) is 0 Å². The van der Waals surface area contributed by atoms with E-state index in [1.807, 2.05) is 50.2 Å². The highest BCUT2D eigenvalue weighted by Gasteiger charge is 2.27. The molecule has 0 fully saturated rings. The SMILES string of the molecule is CC[C@@H](C)NC(=O)[C@H](C)N(Cc1ccc(Br)cc1)C(=O)COc1ccccc1OC. The molecular weight excluding hydrogens is 448 g/mol. The molecule has 0 saturated heterocycles. The maximum Gasteiger partial charge on any atom is 0.261 e. The van der Waals surface area contributed by atoms with Crippen molar-refractivity contribution in [3.05, 3.63) is 58.6 Å². The molecule has 7 heteroatoms. The number of carbonyl (C=O) groups excluding carboxylic acids is 2. The van der Waals surface area contributed by atoms with Gasteiger partial charge in [-0.15, -0.1) is 0 Å². The third-order valence-corrected chi connectivity index (χ3v) is 5.38. The Balaban J connectivity index is 2.17. The molecule has 0 aliphatic carbocycles. The Hall–Kier alpha value is -2.54. The van der Waals surface area contributed by atoms with Crippen LogP contribution in [0.25, 0.3) is 0 Å². The number of nitrogens with zero attached hydrogens (tertiary/aromatic N) is 1. The predicted octanol–water partition coefficient (Wildman–Crippen LogP) is 4.17. The summed E-state index contributed by atoms with van der Waals surface area (Å²) in [6.45, 7) is 5.78. The zero-order chi connectivity index (χ0) is 22.1. The topological polar surface area (TPSA) is 67.9 Å². The van der Waals surface area contributed by atoms with Gasteiger partial charge < -0.3 is 19.7 Å². The van der Waals surface area contributed by atoms with Crippen LogP contribution in [0.15, 0.2) is 53.0 Å². The molecule has 0 saturated carbocycles. The molecule has 0 bridgehead atoms. The molecule has 2 rings (SSSR count). The number of hydrogen-bond acceptors (Lipinski definition) is 4. The first-order chi connectivity index (χ1) is 14.3. The molecule has 0 aliphatic heterocycles. The van der Waals surface area contributed by atoms with E-state index < -0.39 is 6.04 Å². The molecule has 0 aromatic heterocycles. The van der Waals surface area contributed by atoms with Crippen molar-refractivity contribution in [2.45, 2.75) is 45.8 Å². The third kappa shape index (κ3) is 6.76.